The van der Waals surface area contributed by atoms with Crippen LogP contribution in [-0.4, -0.2) is 14.2 Å². The Hall–Kier alpha value is -4.56. The molecule has 0 heterocycles. The summed E-state index contributed by atoms with van der Waals surface area (Å²) in [5, 5.41) is 15.0. The SMILES string of the molecule is COc1cc2ccc3cc(C(C)(C)C)cc4ccc(c1-c1c(OC)cc5ccc6cc(C(C)(C)C)cc7ccc1c5c67)c2c34. The third kappa shape index (κ3) is 3.73. The lowest BCUT2D eigenvalue weighted by Crippen LogP contribution is -2.11. The van der Waals surface area contributed by atoms with Crippen molar-refractivity contribution in [3.63, 3.8) is 0 Å². The van der Waals surface area contributed by atoms with Gasteiger partial charge < -0.3 is 9.47 Å². The number of hydrogen-bond donors (Lipinski definition) is 0. The molecule has 218 valence electrons. The molecule has 0 N–H and O–H groups in total. The summed E-state index contributed by atoms with van der Waals surface area (Å²) < 4.78 is 12.4. The molecule has 0 saturated heterocycles. The quantitative estimate of drug-likeness (QED) is 0.195. The second-order valence-electron chi connectivity index (χ2n) is 14.6. The molecule has 0 bridgehead atoms. The zero-order chi connectivity index (χ0) is 30.7. The van der Waals surface area contributed by atoms with Crippen LogP contribution in [0.2, 0.25) is 0 Å². The molecule has 0 aliphatic rings. The fourth-order valence-electron chi connectivity index (χ4n) is 7.44. The standard InChI is InChI=1S/C42H38O2/c1-41(2,3)29-17-23-9-11-27-21-33(43-7)39(31-15-13-25(19-29)35(23)37(27)31)40-32-16-14-26-20-30(42(4,5)6)18-24-10-12-28(22-34(40)44-8)38(32)36(24)26/h9-22H,1-8H3. The van der Waals surface area contributed by atoms with Gasteiger partial charge in [0.05, 0.1) is 14.2 Å². The normalized spacial score (nSPS) is 13.0. The average Bonchev–Trinajstić information content (AvgIpc) is 3.00. The summed E-state index contributed by atoms with van der Waals surface area (Å²) in [5.74, 6) is 1.71. The van der Waals surface area contributed by atoms with Crippen LogP contribution in [0.3, 0.4) is 0 Å². The second kappa shape index (κ2) is 8.99. The highest BCUT2D eigenvalue weighted by Gasteiger charge is 2.25. The Morgan fingerprint density at radius 1 is 0.386 bits per heavy atom. The number of hydrogen-bond acceptors (Lipinski definition) is 2. The van der Waals surface area contributed by atoms with Gasteiger partial charge >= 0.3 is 0 Å². The van der Waals surface area contributed by atoms with Crippen LogP contribution in [0.25, 0.3) is 75.8 Å². The average molecular weight is 575 g/mol. The van der Waals surface area contributed by atoms with Gasteiger partial charge in [0.1, 0.15) is 11.5 Å². The van der Waals surface area contributed by atoms with Crippen molar-refractivity contribution < 1.29 is 9.47 Å². The zero-order valence-corrected chi connectivity index (χ0v) is 26.9. The third-order valence-corrected chi connectivity index (χ3v) is 9.79. The van der Waals surface area contributed by atoms with E-state index in [2.05, 4.69) is 126 Å². The highest BCUT2D eigenvalue weighted by molar-refractivity contribution is 6.31. The molecule has 0 amide bonds. The predicted molar refractivity (Wildman–Crippen MR) is 190 cm³/mol. The molecule has 0 atom stereocenters. The van der Waals surface area contributed by atoms with Crippen molar-refractivity contribution >= 4 is 64.6 Å². The zero-order valence-electron chi connectivity index (χ0n) is 26.9. The highest BCUT2D eigenvalue weighted by Crippen LogP contribution is 2.51. The van der Waals surface area contributed by atoms with Crippen molar-refractivity contribution in [2.75, 3.05) is 14.2 Å². The Balaban J connectivity index is 1.52. The van der Waals surface area contributed by atoms with Crippen molar-refractivity contribution in [1.82, 2.24) is 0 Å². The Labute approximate surface area is 258 Å². The van der Waals surface area contributed by atoms with Crippen LogP contribution in [-0.2, 0) is 10.8 Å². The first-order valence-corrected chi connectivity index (χ1v) is 15.6. The molecular formula is C42H38O2. The Morgan fingerprint density at radius 3 is 0.977 bits per heavy atom. The lowest BCUT2D eigenvalue weighted by Gasteiger charge is -2.24. The van der Waals surface area contributed by atoms with Crippen molar-refractivity contribution in [2.45, 2.75) is 52.4 Å². The molecule has 0 aliphatic heterocycles. The summed E-state index contributed by atoms with van der Waals surface area (Å²) >= 11 is 0. The van der Waals surface area contributed by atoms with Crippen molar-refractivity contribution in [3.05, 3.63) is 96.1 Å². The molecule has 0 aromatic heterocycles. The van der Waals surface area contributed by atoms with E-state index in [0.29, 0.717) is 0 Å². The van der Waals surface area contributed by atoms with Gasteiger partial charge in [-0.2, -0.15) is 0 Å². The molecule has 44 heavy (non-hydrogen) atoms. The molecule has 8 rings (SSSR count). The maximum absolute atomic E-state index is 6.20. The van der Waals surface area contributed by atoms with E-state index in [1.54, 1.807) is 14.2 Å². The molecule has 0 fully saturated rings. The van der Waals surface area contributed by atoms with Gasteiger partial charge in [-0.25, -0.2) is 0 Å². The molecule has 2 nitrogen and oxygen atoms in total. The van der Waals surface area contributed by atoms with Gasteiger partial charge in [-0.1, -0.05) is 114 Å². The van der Waals surface area contributed by atoms with E-state index in [9.17, 15) is 0 Å². The van der Waals surface area contributed by atoms with Crippen molar-refractivity contribution in [1.29, 1.82) is 0 Å². The molecule has 0 aliphatic carbocycles. The van der Waals surface area contributed by atoms with E-state index < -0.39 is 0 Å². The Morgan fingerprint density at radius 2 is 0.682 bits per heavy atom. The van der Waals surface area contributed by atoms with Crippen LogP contribution in [0.5, 0.6) is 11.5 Å². The van der Waals surface area contributed by atoms with Crippen LogP contribution in [0.1, 0.15) is 52.7 Å². The van der Waals surface area contributed by atoms with Gasteiger partial charge in [0, 0.05) is 11.1 Å². The lowest BCUT2D eigenvalue weighted by molar-refractivity contribution is 0.411. The lowest BCUT2D eigenvalue weighted by atomic mass is 9.81. The molecule has 2 heteroatoms. The van der Waals surface area contributed by atoms with Gasteiger partial charge in [-0.15, -0.1) is 0 Å². The fourth-order valence-corrected chi connectivity index (χ4v) is 7.44. The molecule has 0 unspecified atom stereocenters. The van der Waals surface area contributed by atoms with E-state index in [-0.39, 0.29) is 10.8 Å². The first-order chi connectivity index (χ1) is 21.0. The maximum Gasteiger partial charge on any atom is 0.128 e. The van der Waals surface area contributed by atoms with Gasteiger partial charge in [-0.3, -0.25) is 0 Å². The van der Waals surface area contributed by atoms with Crippen LogP contribution >= 0.6 is 0 Å². The van der Waals surface area contributed by atoms with Gasteiger partial charge in [0.2, 0.25) is 0 Å². The number of methoxy groups -OCH3 is 2. The highest BCUT2D eigenvalue weighted by atomic mass is 16.5. The number of ether oxygens (including phenoxy) is 2. The second-order valence-corrected chi connectivity index (χ2v) is 14.6. The number of rotatable bonds is 3. The van der Waals surface area contributed by atoms with E-state index in [1.807, 2.05) is 0 Å². The number of benzene rings is 8. The summed E-state index contributed by atoms with van der Waals surface area (Å²) in [6.45, 7) is 13.7. The monoisotopic (exact) mass is 574 g/mol. The molecule has 0 saturated carbocycles. The minimum absolute atomic E-state index is 0.0710. The minimum Gasteiger partial charge on any atom is -0.496 e. The van der Waals surface area contributed by atoms with Crippen LogP contribution < -0.4 is 9.47 Å². The van der Waals surface area contributed by atoms with E-state index in [4.69, 9.17) is 9.47 Å². The molecule has 8 aromatic rings. The van der Waals surface area contributed by atoms with Gasteiger partial charge in [-0.05, 0) is 98.7 Å². The topological polar surface area (TPSA) is 18.5 Å². The van der Waals surface area contributed by atoms with E-state index in [0.717, 1.165) is 22.6 Å². The van der Waals surface area contributed by atoms with E-state index in [1.165, 1.54) is 75.8 Å². The predicted octanol–water partition coefficient (Wildman–Crippen LogP) is 11.8. The minimum atomic E-state index is 0.0710. The van der Waals surface area contributed by atoms with Gasteiger partial charge in [0.15, 0.2) is 0 Å². The van der Waals surface area contributed by atoms with Crippen LogP contribution in [0, 0.1) is 0 Å². The summed E-state index contributed by atoms with van der Waals surface area (Å²) in [7, 11) is 3.56. The molecule has 0 radical (unpaired) electrons. The van der Waals surface area contributed by atoms with Gasteiger partial charge in [0.25, 0.3) is 0 Å². The smallest absolute Gasteiger partial charge is 0.128 e. The van der Waals surface area contributed by atoms with Crippen LogP contribution in [0.4, 0.5) is 0 Å². The molecule has 8 aromatic carbocycles. The first-order valence-electron chi connectivity index (χ1n) is 15.6. The largest absolute Gasteiger partial charge is 0.496 e. The summed E-state index contributed by atoms with van der Waals surface area (Å²) in [5.41, 5.74) is 5.01. The van der Waals surface area contributed by atoms with Crippen LogP contribution in [0.15, 0.2) is 84.9 Å². The summed E-state index contributed by atoms with van der Waals surface area (Å²) in [4.78, 5) is 0. The fraction of sp³-hybridized carbons (Fsp3) is 0.238. The Kier molecular flexibility index (Phi) is 5.52. The van der Waals surface area contributed by atoms with Crippen molar-refractivity contribution in [3.8, 4) is 22.6 Å². The summed E-state index contributed by atoms with van der Waals surface area (Å²) in [6, 6.07) is 32.1. The van der Waals surface area contributed by atoms with E-state index >= 15 is 0 Å². The third-order valence-electron chi connectivity index (χ3n) is 9.79. The first kappa shape index (κ1) is 27.0. The van der Waals surface area contributed by atoms with Crippen molar-refractivity contribution in [2.24, 2.45) is 0 Å². The summed E-state index contributed by atoms with van der Waals surface area (Å²) in [6.07, 6.45) is 0. The molecule has 0 spiro atoms. The maximum atomic E-state index is 6.20. The Bertz CT molecular complexity index is 2200. The molecular weight excluding hydrogens is 536 g/mol.